The maximum Gasteiger partial charge on any atom is 0.435 e. The standard InChI is InChI=1S/C24H24FN5O4/c1-3-15-18(8-7-17-20(15)23(32)26-22(17)31)28-9-11-29(12-10-28)21-16-6-5-14(25)13-19(16)30(27-21)24(33)34-4-2/h5-8,13H,3-4,9-12H2,1-2H3,(H,26,31,32). The molecule has 0 atom stereocenters. The van der Waals surface area contributed by atoms with Crippen LogP contribution >= 0.6 is 0 Å². The number of carbonyl (C=O) groups is 3. The Morgan fingerprint density at radius 2 is 1.79 bits per heavy atom. The lowest BCUT2D eigenvalue weighted by molar-refractivity contribution is 0.0879. The van der Waals surface area contributed by atoms with Crippen LogP contribution in [0, 0.1) is 5.82 Å². The van der Waals surface area contributed by atoms with Crippen molar-refractivity contribution in [2.24, 2.45) is 0 Å². The lowest BCUT2D eigenvalue weighted by atomic mass is 9.97. The molecule has 2 aliphatic rings. The number of ether oxygens (including phenoxy) is 1. The largest absolute Gasteiger partial charge is 0.448 e. The number of piperazine rings is 1. The first-order valence-electron chi connectivity index (χ1n) is 11.3. The van der Waals surface area contributed by atoms with Gasteiger partial charge in [0.1, 0.15) is 5.82 Å². The highest BCUT2D eigenvalue weighted by molar-refractivity contribution is 6.22. The normalized spacial score (nSPS) is 15.6. The predicted octanol–water partition coefficient (Wildman–Crippen LogP) is 2.95. The Morgan fingerprint density at radius 1 is 1.06 bits per heavy atom. The number of amides is 2. The van der Waals surface area contributed by atoms with Crippen LogP contribution in [0.15, 0.2) is 30.3 Å². The molecule has 10 heteroatoms. The maximum absolute atomic E-state index is 13.9. The number of rotatable bonds is 4. The zero-order valence-corrected chi connectivity index (χ0v) is 18.9. The maximum atomic E-state index is 13.9. The van der Waals surface area contributed by atoms with Gasteiger partial charge >= 0.3 is 6.09 Å². The summed E-state index contributed by atoms with van der Waals surface area (Å²) in [6, 6.07) is 7.87. The summed E-state index contributed by atoms with van der Waals surface area (Å²) >= 11 is 0. The number of carbonyl (C=O) groups excluding carboxylic acids is 3. The van der Waals surface area contributed by atoms with Crippen LogP contribution in [-0.4, -0.2) is 60.5 Å². The highest BCUT2D eigenvalue weighted by atomic mass is 19.1. The van der Waals surface area contributed by atoms with E-state index in [4.69, 9.17) is 4.74 Å². The number of halogens is 1. The van der Waals surface area contributed by atoms with Gasteiger partial charge in [-0.1, -0.05) is 6.92 Å². The van der Waals surface area contributed by atoms with Gasteiger partial charge in [-0.3, -0.25) is 14.9 Å². The number of nitrogens with zero attached hydrogens (tertiary/aromatic N) is 4. The lowest BCUT2D eigenvalue weighted by Gasteiger charge is -2.37. The van der Waals surface area contributed by atoms with E-state index in [1.807, 2.05) is 13.0 Å². The van der Waals surface area contributed by atoms with Gasteiger partial charge in [0, 0.05) is 43.3 Å². The van der Waals surface area contributed by atoms with Crippen molar-refractivity contribution >= 4 is 40.3 Å². The fraction of sp³-hybridized carbons (Fsp3) is 0.333. The molecular formula is C24H24FN5O4. The second kappa shape index (κ2) is 8.44. The smallest absolute Gasteiger partial charge is 0.435 e. The van der Waals surface area contributed by atoms with Crippen molar-refractivity contribution < 1.29 is 23.5 Å². The topological polar surface area (TPSA) is 96.8 Å². The summed E-state index contributed by atoms with van der Waals surface area (Å²) in [6.45, 7) is 6.38. The number of hydrogen-bond acceptors (Lipinski definition) is 7. The third-order valence-corrected chi connectivity index (χ3v) is 6.32. The van der Waals surface area contributed by atoms with E-state index in [1.165, 1.54) is 12.1 Å². The summed E-state index contributed by atoms with van der Waals surface area (Å²) in [5.74, 6) is -0.565. The van der Waals surface area contributed by atoms with E-state index < -0.39 is 11.9 Å². The summed E-state index contributed by atoms with van der Waals surface area (Å²) in [5.41, 5.74) is 3.05. The van der Waals surface area contributed by atoms with Crippen molar-refractivity contribution in [3.8, 4) is 0 Å². The van der Waals surface area contributed by atoms with Crippen molar-refractivity contribution in [1.29, 1.82) is 0 Å². The highest BCUT2D eigenvalue weighted by Crippen LogP contribution is 2.33. The molecule has 176 valence electrons. The van der Waals surface area contributed by atoms with Crippen LogP contribution in [0.3, 0.4) is 0 Å². The molecule has 34 heavy (non-hydrogen) atoms. The first-order chi connectivity index (χ1) is 16.4. The van der Waals surface area contributed by atoms with E-state index in [1.54, 1.807) is 19.1 Å². The van der Waals surface area contributed by atoms with Gasteiger partial charge in [0.05, 0.1) is 23.3 Å². The van der Waals surface area contributed by atoms with Crippen molar-refractivity contribution in [3.05, 3.63) is 52.8 Å². The monoisotopic (exact) mass is 465 g/mol. The molecule has 0 aliphatic carbocycles. The van der Waals surface area contributed by atoms with Gasteiger partial charge < -0.3 is 14.5 Å². The molecule has 2 aliphatic heterocycles. The van der Waals surface area contributed by atoms with Gasteiger partial charge in [-0.15, -0.1) is 5.10 Å². The quantitative estimate of drug-likeness (QED) is 0.592. The highest BCUT2D eigenvalue weighted by Gasteiger charge is 2.32. The molecule has 5 rings (SSSR count). The zero-order chi connectivity index (χ0) is 24.0. The Bertz CT molecular complexity index is 1330. The molecule has 2 amide bonds. The van der Waals surface area contributed by atoms with Crippen molar-refractivity contribution in [2.45, 2.75) is 20.3 Å². The Kier molecular flexibility index (Phi) is 5.43. The van der Waals surface area contributed by atoms with Crippen LogP contribution in [0.5, 0.6) is 0 Å². The molecule has 3 aromatic rings. The van der Waals surface area contributed by atoms with Gasteiger partial charge in [0.15, 0.2) is 5.82 Å². The van der Waals surface area contributed by atoms with Crippen LogP contribution in [0.25, 0.3) is 10.9 Å². The minimum absolute atomic E-state index is 0.188. The molecule has 1 fully saturated rings. The van der Waals surface area contributed by atoms with E-state index in [9.17, 15) is 18.8 Å². The molecule has 0 spiro atoms. The van der Waals surface area contributed by atoms with Crippen molar-refractivity contribution in [1.82, 2.24) is 15.1 Å². The van der Waals surface area contributed by atoms with Crippen molar-refractivity contribution in [2.75, 3.05) is 42.6 Å². The molecule has 9 nitrogen and oxygen atoms in total. The molecule has 0 radical (unpaired) electrons. The fourth-order valence-electron chi connectivity index (χ4n) is 4.76. The first-order valence-corrected chi connectivity index (χ1v) is 11.3. The molecule has 0 bridgehead atoms. The molecule has 1 aromatic heterocycles. The van der Waals surface area contributed by atoms with Gasteiger partial charge in [-0.05, 0) is 43.2 Å². The van der Waals surface area contributed by atoms with Crippen LogP contribution in [0.2, 0.25) is 0 Å². The van der Waals surface area contributed by atoms with E-state index >= 15 is 0 Å². The summed E-state index contributed by atoms with van der Waals surface area (Å²) in [7, 11) is 0. The van der Waals surface area contributed by atoms with E-state index in [0.29, 0.717) is 60.4 Å². The predicted molar refractivity (Wildman–Crippen MR) is 124 cm³/mol. The molecular weight excluding hydrogens is 441 g/mol. The third kappa shape index (κ3) is 3.46. The molecule has 1 saturated heterocycles. The minimum Gasteiger partial charge on any atom is -0.448 e. The summed E-state index contributed by atoms with van der Waals surface area (Å²) < 4.78 is 20.1. The Balaban J connectivity index is 1.43. The molecule has 1 N–H and O–H groups in total. The molecule has 0 unspecified atom stereocenters. The van der Waals surface area contributed by atoms with Crippen LogP contribution < -0.4 is 15.1 Å². The average molecular weight is 465 g/mol. The van der Waals surface area contributed by atoms with Gasteiger partial charge in [-0.25, -0.2) is 9.18 Å². The molecule has 2 aromatic carbocycles. The van der Waals surface area contributed by atoms with E-state index in [0.717, 1.165) is 15.9 Å². The SMILES string of the molecule is CCOC(=O)n1nc(N2CCN(c3ccc4c(c3CC)C(=O)NC4=O)CC2)c2ccc(F)cc21. The van der Waals surface area contributed by atoms with Gasteiger partial charge in [0.25, 0.3) is 11.8 Å². The van der Waals surface area contributed by atoms with E-state index in [-0.39, 0.29) is 18.4 Å². The fourth-order valence-corrected chi connectivity index (χ4v) is 4.76. The number of imide groups is 1. The molecule has 0 saturated carbocycles. The Labute approximate surface area is 195 Å². The third-order valence-electron chi connectivity index (χ3n) is 6.32. The first kappa shape index (κ1) is 21.9. The lowest BCUT2D eigenvalue weighted by Crippen LogP contribution is -2.47. The van der Waals surface area contributed by atoms with E-state index in [2.05, 4.69) is 20.2 Å². The number of benzene rings is 2. The Morgan fingerprint density at radius 3 is 2.50 bits per heavy atom. The van der Waals surface area contributed by atoms with Crippen LogP contribution in [0.4, 0.5) is 20.7 Å². The van der Waals surface area contributed by atoms with Crippen LogP contribution in [0.1, 0.15) is 40.1 Å². The number of nitrogens with one attached hydrogen (secondary N) is 1. The zero-order valence-electron chi connectivity index (χ0n) is 18.9. The average Bonchev–Trinajstić information content (AvgIpc) is 3.35. The number of fused-ring (bicyclic) bond motifs is 2. The number of aromatic nitrogens is 2. The van der Waals surface area contributed by atoms with Crippen LogP contribution in [-0.2, 0) is 11.2 Å². The summed E-state index contributed by atoms with van der Waals surface area (Å²) in [6.07, 6.45) is -0.0268. The number of anilines is 2. The minimum atomic E-state index is -0.651. The second-order valence-corrected chi connectivity index (χ2v) is 8.19. The van der Waals surface area contributed by atoms with Crippen molar-refractivity contribution in [3.63, 3.8) is 0 Å². The van der Waals surface area contributed by atoms with Gasteiger partial charge in [-0.2, -0.15) is 4.68 Å². The number of hydrogen-bond donors (Lipinski definition) is 1. The molecule has 3 heterocycles. The summed E-state index contributed by atoms with van der Waals surface area (Å²) in [5, 5.41) is 7.51. The Hall–Kier alpha value is -3.95. The second-order valence-electron chi connectivity index (χ2n) is 8.19. The summed E-state index contributed by atoms with van der Waals surface area (Å²) in [4.78, 5) is 41.0. The van der Waals surface area contributed by atoms with Gasteiger partial charge in [0.2, 0.25) is 0 Å².